The van der Waals surface area contributed by atoms with E-state index in [2.05, 4.69) is 0 Å². The molecule has 0 atom stereocenters. The number of ketones is 1. The van der Waals surface area contributed by atoms with Crippen LogP contribution in [0.1, 0.15) is 25.1 Å². The van der Waals surface area contributed by atoms with Crippen LogP contribution in [0.2, 0.25) is 0 Å². The Hall–Kier alpha value is -2.44. The number of hydrogen-bond acceptors (Lipinski definition) is 5. The highest BCUT2D eigenvalue weighted by molar-refractivity contribution is 5.99. The number of benzene rings is 1. The molecule has 0 aliphatic rings. The van der Waals surface area contributed by atoms with Crippen molar-refractivity contribution in [3.05, 3.63) is 45.8 Å². The van der Waals surface area contributed by atoms with Gasteiger partial charge in [0, 0.05) is 36.9 Å². The molecule has 2 aromatic rings. The molecule has 0 radical (unpaired) electrons. The molecular formula is C20H25NO5. The summed E-state index contributed by atoms with van der Waals surface area (Å²) < 4.78 is 12.4. The molecule has 1 aromatic heterocycles. The normalized spacial score (nSPS) is 12.1. The number of pyridine rings is 1. The van der Waals surface area contributed by atoms with Gasteiger partial charge in [-0.2, -0.15) is 0 Å². The standard InChI is InChI=1S/C20H25NO5/c1-13-16(8-9-18(22)20(2,3)24)21(4)17-12-14(26-11-10-25-5)6-7-15(17)19(13)23/h6-9,12,24H,10-11H2,1-5H3. The lowest BCUT2D eigenvalue weighted by Crippen LogP contribution is -2.29. The summed E-state index contributed by atoms with van der Waals surface area (Å²) in [4.78, 5) is 24.6. The van der Waals surface area contributed by atoms with Gasteiger partial charge in [-0.05, 0) is 45.1 Å². The van der Waals surface area contributed by atoms with E-state index in [4.69, 9.17) is 9.47 Å². The molecule has 1 N–H and O–H groups in total. The number of ether oxygens (including phenoxy) is 2. The van der Waals surface area contributed by atoms with Crippen LogP contribution in [0.3, 0.4) is 0 Å². The van der Waals surface area contributed by atoms with E-state index in [-0.39, 0.29) is 5.43 Å². The summed E-state index contributed by atoms with van der Waals surface area (Å²) in [7, 11) is 3.42. The summed E-state index contributed by atoms with van der Waals surface area (Å²) in [6.45, 7) is 5.46. The summed E-state index contributed by atoms with van der Waals surface area (Å²) in [5, 5.41) is 10.4. The average Bonchev–Trinajstić information content (AvgIpc) is 2.59. The first kappa shape index (κ1) is 19.9. The van der Waals surface area contributed by atoms with Crippen molar-refractivity contribution in [3.8, 4) is 5.75 Å². The second-order valence-electron chi connectivity index (χ2n) is 6.68. The van der Waals surface area contributed by atoms with Gasteiger partial charge in [0.25, 0.3) is 0 Å². The molecule has 0 saturated carbocycles. The predicted octanol–water partition coefficient (Wildman–Crippen LogP) is 2.23. The number of aliphatic hydroxyl groups is 1. The molecular weight excluding hydrogens is 334 g/mol. The maximum absolute atomic E-state index is 12.7. The molecule has 0 bridgehead atoms. The first-order valence-corrected chi connectivity index (χ1v) is 8.36. The van der Waals surface area contributed by atoms with Gasteiger partial charge in [0.1, 0.15) is 18.0 Å². The van der Waals surface area contributed by atoms with E-state index < -0.39 is 11.4 Å². The van der Waals surface area contributed by atoms with E-state index in [0.29, 0.717) is 41.1 Å². The minimum Gasteiger partial charge on any atom is -0.491 e. The number of hydrogen-bond donors (Lipinski definition) is 1. The number of carbonyl (C=O) groups excluding carboxylic acids is 1. The lowest BCUT2D eigenvalue weighted by Gasteiger charge is -2.15. The Labute approximate surface area is 152 Å². The van der Waals surface area contributed by atoms with Crippen molar-refractivity contribution in [3.63, 3.8) is 0 Å². The van der Waals surface area contributed by atoms with E-state index >= 15 is 0 Å². The van der Waals surface area contributed by atoms with E-state index in [1.165, 1.54) is 19.9 Å². The first-order chi connectivity index (χ1) is 12.2. The van der Waals surface area contributed by atoms with Gasteiger partial charge in [-0.15, -0.1) is 0 Å². The Morgan fingerprint density at radius 3 is 2.62 bits per heavy atom. The number of methoxy groups -OCH3 is 1. The van der Waals surface area contributed by atoms with Crippen molar-refractivity contribution in [2.75, 3.05) is 20.3 Å². The zero-order chi connectivity index (χ0) is 19.5. The molecule has 6 nitrogen and oxygen atoms in total. The number of rotatable bonds is 7. The first-order valence-electron chi connectivity index (χ1n) is 8.36. The SMILES string of the molecule is COCCOc1ccc2c(=O)c(C)c(C=CC(=O)C(C)(C)O)n(C)c2c1. The van der Waals surface area contributed by atoms with Crippen LogP contribution in [0, 0.1) is 6.92 Å². The zero-order valence-electron chi connectivity index (χ0n) is 15.8. The van der Waals surface area contributed by atoms with Crippen LogP contribution in [0.25, 0.3) is 17.0 Å². The highest BCUT2D eigenvalue weighted by atomic mass is 16.5. The Morgan fingerprint density at radius 2 is 2.00 bits per heavy atom. The van der Waals surface area contributed by atoms with Gasteiger partial charge in [-0.1, -0.05) is 0 Å². The number of nitrogens with zero attached hydrogens (tertiary/aromatic N) is 1. The Morgan fingerprint density at radius 1 is 1.31 bits per heavy atom. The van der Waals surface area contributed by atoms with Gasteiger partial charge in [0.05, 0.1) is 12.1 Å². The van der Waals surface area contributed by atoms with Crippen LogP contribution in [-0.4, -0.2) is 41.4 Å². The molecule has 26 heavy (non-hydrogen) atoms. The van der Waals surface area contributed by atoms with E-state index in [0.717, 1.165) is 0 Å². The minimum absolute atomic E-state index is 0.100. The topological polar surface area (TPSA) is 77.8 Å². The summed E-state index contributed by atoms with van der Waals surface area (Å²) in [5.41, 5.74) is 0.285. The molecule has 0 aliphatic heterocycles. The summed E-state index contributed by atoms with van der Waals surface area (Å²) in [6.07, 6.45) is 2.86. The van der Waals surface area contributed by atoms with Crippen molar-refractivity contribution in [1.82, 2.24) is 4.57 Å². The number of aryl methyl sites for hydroxylation is 1. The van der Waals surface area contributed by atoms with Crippen LogP contribution < -0.4 is 10.2 Å². The molecule has 2 rings (SSSR count). The van der Waals surface area contributed by atoms with Crippen molar-refractivity contribution in [1.29, 1.82) is 0 Å². The Kier molecular flexibility index (Phi) is 6.00. The second kappa shape index (κ2) is 7.85. The fourth-order valence-electron chi connectivity index (χ4n) is 2.61. The monoisotopic (exact) mass is 359 g/mol. The maximum Gasteiger partial charge on any atom is 0.192 e. The highest BCUT2D eigenvalue weighted by Crippen LogP contribution is 2.22. The number of fused-ring (bicyclic) bond motifs is 1. The molecule has 0 amide bonds. The summed E-state index contributed by atoms with van der Waals surface area (Å²) in [5.74, 6) is 0.206. The fraction of sp³-hybridized carbons (Fsp3) is 0.400. The molecule has 1 aromatic carbocycles. The second-order valence-corrected chi connectivity index (χ2v) is 6.68. The van der Waals surface area contributed by atoms with E-state index in [9.17, 15) is 14.7 Å². The third-order valence-corrected chi connectivity index (χ3v) is 4.21. The van der Waals surface area contributed by atoms with Gasteiger partial charge in [0.15, 0.2) is 11.2 Å². The molecule has 140 valence electrons. The highest BCUT2D eigenvalue weighted by Gasteiger charge is 2.21. The number of aromatic nitrogens is 1. The third-order valence-electron chi connectivity index (χ3n) is 4.21. The van der Waals surface area contributed by atoms with Crippen molar-refractivity contribution in [2.24, 2.45) is 7.05 Å². The van der Waals surface area contributed by atoms with Crippen LogP contribution in [-0.2, 0) is 16.6 Å². The van der Waals surface area contributed by atoms with Crippen molar-refractivity contribution < 1.29 is 19.4 Å². The average molecular weight is 359 g/mol. The summed E-state index contributed by atoms with van der Waals surface area (Å²) in [6, 6.07) is 5.29. The van der Waals surface area contributed by atoms with Crippen LogP contribution in [0.5, 0.6) is 5.75 Å². The van der Waals surface area contributed by atoms with Crippen molar-refractivity contribution >= 4 is 22.8 Å². The Balaban J connectivity index is 2.52. The minimum atomic E-state index is -1.46. The summed E-state index contributed by atoms with van der Waals surface area (Å²) >= 11 is 0. The van der Waals surface area contributed by atoms with E-state index in [1.807, 2.05) is 11.6 Å². The number of carbonyl (C=O) groups is 1. The lowest BCUT2D eigenvalue weighted by molar-refractivity contribution is -0.128. The molecule has 0 unspecified atom stereocenters. The largest absolute Gasteiger partial charge is 0.491 e. The fourth-order valence-corrected chi connectivity index (χ4v) is 2.61. The molecule has 0 fully saturated rings. The lowest BCUT2D eigenvalue weighted by atomic mass is 10.0. The predicted molar refractivity (Wildman–Crippen MR) is 102 cm³/mol. The molecule has 0 saturated heterocycles. The molecule has 0 spiro atoms. The molecule has 1 heterocycles. The molecule has 6 heteroatoms. The van der Waals surface area contributed by atoms with Gasteiger partial charge < -0.3 is 19.1 Å². The van der Waals surface area contributed by atoms with Crippen LogP contribution in [0.15, 0.2) is 29.1 Å². The Bertz CT molecular complexity index is 903. The quantitative estimate of drug-likeness (QED) is 0.606. The van der Waals surface area contributed by atoms with Crippen LogP contribution in [0.4, 0.5) is 0 Å². The van der Waals surface area contributed by atoms with Gasteiger partial charge in [-0.25, -0.2) is 0 Å². The van der Waals surface area contributed by atoms with Gasteiger partial charge in [0.2, 0.25) is 0 Å². The van der Waals surface area contributed by atoms with Crippen molar-refractivity contribution in [2.45, 2.75) is 26.4 Å². The maximum atomic E-state index is 12.7. The smallest absolute Gasteiger partial charge is 0.192 e. The van der Waals surface area contributed by atoms with Crippen LogP contribution >= 0.6 is 0 Å². The van der Waals surface area contributed by atoms with Gasteiger partial charge in [-0.3, -0.25) is 9.59 Å². The third kappa shape index (κ3) is 4.20. The van der Waals surface area contributed by atoms with E-state index in [1.54, 1.807) is 38.3 Å². The molecule has 0 aliphatic carbocycles. The zero-order valence-corrected chi connectivity index (χ0v) is 15.8. The van der Waals surface area contributed by atoms with Gasteiger partial charge >= 0.3 is 0 Å².